The van der Waals surface area contributed by atoms with Crippen molar-refractivity contribution < 1.29 is 9.59 Å². The van der Waals surface area contributed by atoms with Gasteiger partial charge in [-0.2, -0.15) is 0 Å². The maximum atomic E-state index is 11.9. The second-order valence-corrected chi connectivity index (χ2v) is 6.45. The van der Waals surface area contributed by atoms with Gasteiger partial charge in [0.05, 0.1) is 21.8 Å². The number of urea groups is 1. The zero-order valence-electron chi connectivity index (χ0n) is 12.1. The molecule has 1 aromatic heterocycles. The minimum Gasteiger partial charge on any atom is -0.352 e. The van der Waals surface area contributed by atoms with Gasteiger partial charge in [-0.15, -0.1) is 11.3 Å². The SMILES string of the molecule is NC(=O)NCC(=O)N1CCC(c2nc3ccccc3s2)CC1. The maximum Gasteiger partial charge on any atom is 0.312 e. The van der Waals surface area contributed by atoms with Gasteiger partial charge in [-0.1, -0.05) is 12.1 Å². The molecule has 1 aliphatic rings. The summed E-state index contributed by atoms with van der Waals surface area (Å²) in [6.07, 6.45) is 1.81. The van der Waals surface area contributed by atoms with Gasteiger partial charge in [-0.05, 0) is 25.0 Å². The number of hydrogen-bond acceptors (Lipinski definition) is 4. The Morgan fingerprint density at radius 1 is 1.32 bits per heavy atom. The van der Waals surface area contributed by atoms with E-state index in [0.29, 0.717) is 19.0 Å². The van der Waals surface area contributed by atoms with Gasteiger partial charge in [0.2, 0.25) is 5.91 Å². The quantitative estimate of drug-likeness (QED) is 0.902. The van der Waals surface area contributed by atoms with E-state index in [0.717, 1.165) is 23.4 Å². The van der Waals surface area contributed by atoms with E-state index < -0.39 is 6.03 Å². The number of likely N-dealkylation sites (tertiary alicyclic amines) is 1. The first kappa shape index (κ1) is 14.8. The molecule has 1 saturated heterocycles. The normalized spacial score (nSPS) is 15.9. The zero-order valence-corrected chi connectivity index (χ0v) is 12.9. The van der Waals surface area contributed by atoms with Crippen LogP contribution in [0.25, 0.3) is 10.2 Å². The van der Waals surface area contributed by atoms with Gasteiger partial charge in [0, 0.05) is 19.0 Å². The van der Waals surface area contributed by atoms with Crippen molar-refractivity contribution in [2.45, 2.75) is 18.8 Å². The Kier molecular flexibility index (Phi) is 4.24. The van der Waals surface area contributed by atoms with Crippen molar-refractivity contribution in [1.82, 2.24) is 15.2 Å². The number of amides is 3. The molecule has 0 saturated carbocycles. The largest absolute Gasteiger partial charge is 0.352 e. The first-order valence-corrected chi connectivity index (χ1v) is 8.11. The van der Waals surface area contributed by atoms with E-state index in [2.05, 4.69) is 11.4 Å². The van der Waals surface area contributed by atoms with Crippen molar-refractivity contribution in [2.24, 2.45) is 5.73 Å². The number of benzene rings is 1. The number of thiazole rings is 1. The highest BCUT2D eigenvalue weighted by Gasteiger charge is 2.25. The minimum atomic E-state index is -0.669. The molecule has 2 heterocycles. The van der Waals surface area contributed by atoms with E-state index in [1.54, 1.807) is 16.2 Å². The fourth-order valence-corrected chi connectivity index (χ4v) is 3.85. The van der Waals surface area contributed by atoms with Crippen LogP contribution in [0.3, 0.4) is 0 Å². The number of nitrogens with one attached hydrogen (secondary N) is 1. The third kappa shape index (κ3) is 3.19. The molecule has 1 aromatic carbocycles. The minimum absolute atomic E-state index is 0.0266. The number of rotatable bonds is 3. The average Bonchev–Trinajstić information content (AvgIpc) is 2.96. The van der Waals surface area contributed by atoms with Crippen molar-refractivity contribution in [3.63, 3.8) is 0 Å². The highest BCUT2D eigenvalue weighted by molar-refractivity contribution is 7.18. The molecule has 1 aliphatic heterocycles. The van der Waals surface area contributed by atoms with Crippen LogP contribution < -0.4 is 11.1 Å². The predicted molar refractivity (Wildman–Crippen MR) is 85.8 cm³/mol. The van der Waals surface area contributed by atoms with Gasteiger partial charge >= 0.3 is 6.03 Å². The molecule has 6 nitrogen and oxygen atoms in total. The van der Waals surface area contributed by atoms with E-state index in [9.17, 15) is 9.59 Å². The summed E-state index contributed by atoms with van der Waals surface area (Å²) in [5, 5.41) is 3.50. The number of hydrogen-bond donors (Lipinski definition) is 2. The molecule has 2 aromatic rings. The van der Waals surface area contributed by atoms with Crippen LogP contribution in [0.1, 0.15) is 23.8 Å². The number of carbonyl (C=O) groups is 2. The van der Waals surface area contributed by atoms with Gasteiger partial charge in [-0.25, -0.2) is 9.78 Å². The molecule has 116 valence electrons. The molecule has 0 spiro atoms. The van der Waals surface area contributed by atoms with Gasteiger partial charge in [0.1, 0.15) is 0 Å². The van der Waals surface area contributed by atoms with Gasteiger partial charge < -0.3 is 16.0 Å². The molecular weight excluding hydrogens is 300 g/mol. The third-order valence-electron chi connectivity index (χ3n) is 3.92. The number of primary amides is 1. The molecule has 1 fully saturated rings. The zero-order chi connectivity index (χ0) is 15.5. The second-order valence-electron chi connectivity index (χ2n) is 5.39. The maximum absolute atomic E-state index is 11.9. The Morgan fingerprint density at radius 2 is 2.05 bits per heavy atom. The van der Waals surface area contributed by atoms with Crippen molar-refractivity contribution in [3.8, 4) is 0 Å². The molecule has 0 atom stereocenters. The lowest BCUT2D eigenvalue weighted by Gasteiger charge is -2.31. The molecule has 0 aliphatic carbocycles. The van der Waals surface area contributed by atoms with Crippen LogP contribution in [0.5, 0.6) is 0 Å². The number of aromatic nitrogens is 1. The fraction of sp³-hybridized carbons (Fsp3) is 0.400. The van der Waals surface area contributed by atoms with Crippen LogP contribution >= 0.6 is 11.3 Å². The van der Waals surface area contributed by atoms with E-state index in [1.807, 2.05) is 18.2 Å². The summed E-state index contributed by atoms with van der Waals surface area (Å²) >= 11 is 1.74. The number of piperidine rings is 1. The van der Waals surface area contributed by atoms with Crippen LogP contribution in [-0.2, 0) is 4.79 Å². The van der Waals surface area contributed by atoms with E-state index in [4.69, 9.17) is 10.7 Å². The first-order chi connectivity index (χ1) is 10.6. The molecule has 3 amide bonds. The fourth-order valence-electron chi connectivity index (χ4n) is 2.72. The lowest BCUT2D eigenvalue weighted by atomic mass is 9.97. The van der Waals surface area contributed by atoms with Crippen LogP contribution in [0.2, 0.25) is 0 Å². The Balaban J connectivity index is 1.59. The van der Waals surface area contributed by atoms with Crippen LogP contribution in [0.15, 0.2) is 24.3 Å². The molecule has 7 heteroatoms. The summed E-state index contributed by atoms with van der Waals surface area (Å²) in [6.45, 7) is 1.36. The van der Waals surface area contributed by atoms with Gasteiger partial charge in [-0.3, -0.25) is 4.79 Å². The predicted octanol–water partition coefficient (Wildman–Crippen LogP) is 1.67. The van der Waals surface area contributed by atoms with Crippen molar-refractivity contribution in [3.05, 3.63) is 29.3 Å². The Labute approximate surface area is 132 Å². The van der Waals surface area contributed by atoms with Crippen molar-refractivity contribution in [2.75, 3.05) is 19.6 Å². The summed E-state index contributed by atoms with van der Waals surface area (Å²) in [5.41, 5.74) is 6.03. The summed E-state index contributed by atoms with van der Waals surface area (Å²) in [7, 11) is 0. The topological polar surface area (TPSA) is 88.3 Å². The molecule has 3 rings (SSSR count). The molecule has 3 N–H and O–H groups in total. The Bertz CT molecular complexity index is 659. The van der Waals surface area contributed by atoms with Crippen LogP contribution in [0, 0.1) is 0 Å². The highest BCUT2D eigenvalue weighted by atomic mass is 32.1. The Morgan fingerprint density at radius 3 is 2.73 bits per heavy atom. The summed E-state index contributed by atoms with van der Waals surface area (Å²) < 4.78 is 1.21. The molecular formula is C15H18N4O2S. The monoisotopic (exact) mass is 318 g/mol. The van der Waals surface area contributed by atoms with E-state index >= 15 is 0 Å². The summed E-state index contributed by atoms with van der Waals surface area (Å²) in [5.74, 6) is 0.326. The molecule has 22 heavy (non-hydrogen) atoms. The Hall–Kier alpha value is -2.15. The van der Waals surface area contributed by atoms with E-state index in [-0.39, 0.29) is 12.5 Å². The van der Waals surface area contributed by atoms with Crippen molar-refractivity contribution >= 4 is 33.5 Å². The van der Waals surface area contributed by atoms with Crippen LogP contribution in [0.4, 0.5) is 4.79 Å². The standard InChI is InChI=1S/C15H18N4O2S/c16-15(21)17-9-13(20)19-7-5-10(6-8-19)14-18-11-3-1-2-4-12(11)22-14/h1-4,10H,5-9H2,(H3,16,17,21). The average molecular weight is 318 g/mol. The van der Waals surface area contributed by atoms with Crippen LogP contribution in [-0.4, -0.2) is 41.5 Å². The summed E-state index contributed by atoms with van der Waals surface area (Å²) in [6, 6.07) is 7.47. The highest BCUT2D eigenvalue weighted by Crippen LogP contribution is 2.33. The van der Waals surface area contributed by atoms with E-state index in [1.165, 1.54) is 4.70 Å². The number of nitrogens with two attached hydrogens (primary N) is 1. The molecule has 0 radical (unpaired) electrons. The summed E-state index contributed by atoms with van der Waals surface area (Å²) in [4.78, 5) is 29.1. The number of nitrogens with zero attached hydrogens (tertiary/aromatic N) is 2. The van der Waals surface area contributed by atoms with Gasteiger partial charge in [0.15, 0.2) is 0 Å². The smallest absolute Gasteiger partial charge is 0.312 e. The van der Waals surface area contributed by atoms with Gasteiger partial charge in [0.25, 0.3) is 0 Å². The van der Waals surface area contributed by atoms with Crippen molar-refractivity contribution in [1.29, 1.82) is 0 Å². The number of fused-ring (bicyclic) bond motifs is 1. The number of carbonyl (C=O) groups excluding carboxylic acids is 2. The lowest BCUT2D eigenvalue weighted by molar-refractivity contribution is -0.131. The first-order valence-electron chi connectivity index (χ1n) is 7.30. The molecule has 0 unspecified atom stereocenters. The number of para-hydroxylation sites is 1. The molecule has 0 bridgehead atoms. The lowest BCUT2D eigenvalue weighted by Crippen LogP contribution is -2.44. The third-order valence-corrected chi connectivity index (χ3v) is 5.12. The second kappa shape index (κ2) is 6.31.